The molecule has 0 unspecified atom stereocenters. The minimum atomic E-state index is -3.40. The van der Waals surface area contributed by atoms with Crippen LogP contribution in [0.4, 0.5) is 8.78 Å². The number of hydrogen-bond donors (Lipinski definition) is 2. The topological polar surface area (TPSA) is 124 Å². The maximum atomic E-state index is 14.1. The molecule has 2 N–H and O–H groups in total. The van der Waals surface area contributed by atoms with Gasteiger partial charge in [0.25, 0.3) is 11.1 Å². The van der Waals surface area contributed by atoms with Crippen molar-refractivity contribution in [3.05, 3.63) is 94.9 Å². The zero-order valence-corrected chi connectivity index (χ0v) is 18.5. The molecule has 2 heterocycles. The Bertz CT molecular complexity index is 1350. The quantitative estimate of drug-likeness (QED) is 0.355. The number of nitriles is 1. The molecule has 0 atom stereocenters. The van der Waals surface area contributed by atoms with Crippen LogP contribution in [-0.4, -0.2) is 19.5 Å². The molecule has 160 valence electrons. The Morgan fingerprint density at radius 2 is 1.97 bits per heavy atom. The molecule has 3 aromatic rings. The molecule has 0 saturated carbocycles. The number of aromatic nitrogens is 4. The zero-order valence-electron chi connectivity index (χ0n) is 15.6. The first-order valence-corrected chi connectivity index (χ1v) is 10.2. The van der Waals surface area contributed by atoms with Crippen LogP contribution in [0.15, 0.2) is 45.1 Å². The highest BCUT2D eigenvalue weighted by atomic mass is 127. The molecular weight excluding hydrogens is 547 g/mol. The molecule has 0 saturated heterocycles. The van der Waals surface area contributed by atoms with Gasteiger partial charge < -0.3 is 4.98 Å². The maximum Gasteiger partial charge on any atom is 0.338 e. The molecule has 8 nitrogen and oxygen atoms in total. The van der Waals surface area contributed by atoms with E-state index in [1.165, 1.54) is 6.07 Å². The monoisotopic (exact) mass is 559 g/mol. The fourth-order valence-corrected chi connectivity index (χ4v) is 3.70. The van der Waals surface area contributed by atoms with Crippen molar-refractivity contribution in [3.8, 4) is 6.07 Å². The van der Waals surface area contributed by atoms with Crippen molar-refractivity contribution in [2.45, 2.75) is 23.3 Å². The molecule has 1 aromatic carbocycles. The molecule has 12 heteroatoms. The minimum Gasteiger partial charge on any atom is -0.314 e. The van der Waals surface area contributed by atoms with Gasteiger partial charge in [-0.2, -0.15) is 14.0 Å². The summed E-state index contributed by atoms with van der Waals surface area (Å²) < 4.78 is 25.8. The third-order valence-corrected chi connectivity index (χ3v) is 5.12. The van der Waals surface area contributed by atoms with Crippen molar-refractivity contribution in [2.75, 3.05) is 0 Å². The summed E-state index contributed by atoms with van der Waals surface area (Å²) in [6.07, 6.45) is 2.15. The third-order valence-electron chi connectivity index (χ3n) is 4.39. The number of aryl methyl sites for hydroxylation is 1. The molecule has 0 radical (unpaired) electrons. The van der Waals surface area contributed by atoms with Gasteiger partial charge >= 0.3 is 9.62 Å². The number of nitrogens with one attached hydrogen (secondary N) is 2. The summed E-state index contributed by atoms with van der Waals surface area (Å²) in [5.74, 6) is 0. The number of halogens is 4. The Labute approximate surface area is 191 Å². The number of rotatable bonds is 6. The van der Waals surface area contributed by atoms with E-state index in [9.17, 15) is 23.2 Å². The van der Waals surface area contributed by atoms with Crippen LogP contribution in [0.3, 0.4) is 0 Å². The Morgan fingerprint density at radius 3 is 2.61 bits per heavy atom. The van der Waals surface area contributed by atoms with Crippen molar-refractivity contribution >= 4 is 34.2 Å². The first kappa shape index (κ1) is 22.8. The zero-order chi connectivity index (χ0) is 22.8. The van der Waals surface area contributed by atoms with E-state index in [0.29, 0.717) is 16.1 Å². The lowest BCUT2D eigenvalue weighted by Gasteiger charge is -2.15. The van der Waals surface area contributed by atoms with Gasteiger partial charge in [-0.25, -0.2) is 9.78 Å². The van der Waals surface area contributed by atoms with Crippen LogP contribution < -0.4 is 16.8 Å². The lowest BCUT2D eigenvalue weighted by atomic mass is 10.0. The Balaban J connectivity index is 2.01. The van der Waals surface area contributed by atoms with Crippen molar-refractivity contribution in [3.63, 3.8) is 0 Å². The summed E-state index contributed by atoms with van der Waals surface area (Å²) in [5.41, 5.74) is -2.09. The van der Waals surface area contributed by atoms with Crippen LogP contribution in [-0.2, 0) is 23.3 Å². The van der Waals surface area contributed by atoms with Crippen LogP contribution in [0.2, 0.25) is 5.02 Å². The standard InChI is InChI=1S/C19H13ClF2IN5O3/c20-13-4-10(3-11(5-13)6-24)1-2-14-15(19(21,22)23)26-9-28(17(14)30)8-12-7-25-18(31)27-16(12)29/h3-5,7,9H,1-2,8H2,(H2,25,27,29,31). The number of benzene rings is 1. The predicted octanol–water partition coefficient (Wildman–Crippen LogP) is 2.46. The molecule has 3 rings (SSSR count). The summed E-state index contributed by atoms with van der Waals surface area (Å²) in [6, 6.07) is 6.56. The molecule has 2 aromatic heterocycles. The van der Waals surface area contributed by atoms with Crippen LogP contribution >= 0.6 is 34.2 Å². The number of aromatic amines is 2. The Hall–Kier alpha value is -2.85. The van der Waals surface area contributed by atoms with E-state index >= 15 is 0 Å². The van der Waals surface area contributed by atoms with Gasteiger partial charge in [-0.15, -0.1) is 0 Å². The fraction of sp³-hybridized carbons (Fsp3) is 0.211. The van der Waals surface area contributed by atoms with Crippen LogP contribution in [0.25, 0.3) is 0 Å². The van der Waals surface area contributed by atoms with E-state index in [1.54, 1.807) is 12.1 Å². The second-order valence-electron chi connectivity index (χ2n) is 6.56. The van der Waals surface area contributed by atoms with Crippen molar-refractivity contribution < 1.29 is 8.78 Å². The first-order chi connectivity index (χ1) is 14.6. The van der Waals surface area contributed by atoms with Gasteiger partial charge in [0.1, 0.15) is 5.69 Å². The molecule has 31 heavy (non-hydrogen) atoms. The smallest absolute Gasteiger partial charge is 0.314 e. The van der Waals surface area contributed by atoms with Gasteiger partial charge in [0.15, 0.2) is 0 Å². The summed E-state index contributed by atoms with van der Waals surface area (Å²) in [5, 5.41) is 9.37. The van der Waals surface area contributed by atoms with Crippen LogP contribution in [0.5, 0.6) is 0 Å². The van der Waals surface area contributed by atoms with E-state index in [4.69, 9.17) is 16.9 Å². The highest BCUT2D eigenvalue weighted by Gasteiger charge is 2.33. The largest absolute Gasteiger partial charge is 0.338 e. The molecule has 0 amide bonds. The molecular formula is C19H13ClF2IN5O3. The number of H-pyrrole nitrogens is 2. The van der Waals surface area contributed by atoms with Crippen LogP contribution in [0, 0.1) is 11.3 Å². The lowest BCUT2D eigenvalue weighted by Crippen LogP contribution is -2.32. The molecule has 0 aliphatic rings. The van der Waals surface area contributed by atoms with E-state index in [-0.39, 0.29) is 30.5 Å². The molecule has 0 fully saturated rings. The fourth-order valence-electron chi connectivity index (χ4n) is 2.98. The van der Waals surface area contributed by atoms with Gasteiger partial charge in [-0.05, 0) is 36.6 Å². The van der Waals surface area contributed by atoms with Gasteiger partial charge in [0.2, 0.25) is 0 Å². The number of alkyl halides is 3. The average Bonchev–Trinajstić information content (AvgIpc) is 2.69. The second kappa shape index (κ2) is 9.11. The summed E-state index contributed by atoms with van der Waals surface area (Å²) >= 11 is 6.88. The number of nitrogens with zero attached hydrogens (tertiary/aromatic N) is 3. The summed E-state index contributed by atoms with van der Waals surface area (Å²) in [4.78, 5) is 44.1. The highest BCUT2D eigenvalue weighted by molar-refractivity contribution is 14.1. The van der Waals surface area contributed by atoms with Gasteiger partial charge in [0.05, 0.1) is 30.1 Å². The molecule has 0 aliphatic heterocycles. The van der Waals surface area contributed by atoms with Gasteiger partial charge in [0, 0.05) is 39.4 Å². The molecule has 0 bridgehead atoms. The van der Waals surface area contributed by atoms with E-state index in [1.807, 2.05) is 11.1 Å². The van der Waals surface area contributed by atoms with E-state index in [0.717, 1.165) is 39.7 Å². The Morgan fingerprint density at radius 1 is 1.23 bits per heavy atom. The van der Waals surface area contributed by atoms with Crippen molar-refractivity contribution in [1.82, 2.24) is 19.5 Å². The van der Waals surface area contributed by atoms with E-state index < -0.39 is 26.4 Å². The molecule has 0 aliphatic carbocycles. The SMILES string of the molecule is N#Cc1cc(Cl)cc(CCc2c(C(F)(F)I)ncn(Cc3c[nH]c(=O)[nH]c3=O)c2=O)c1. The van der Waals surface area contributed by atoms with Crippen molar-refractivity contribution in [2.24, 2.45) is 0 Å². The van der Waals surface area contributed by atoms with Crippen LogP contribution in [0.1, 0.15) is 27.9 Å². The highest BCUT2D eigenvalue weighted by Crippen LogP contribution is 2.35. The van der Waals surface area contributed by atoms with Gasteiger partial charge in [-0.3, -0.25) is 19.1 Å². The predicted molar refractivity (Wildman–Crippen MR) is 117 cm³/mol. The van der Waals surface area contributed by atoms with E-state index in [2.05, 4.69) is 9.97 Å². The molecule has 0 spiro atoms. The Kier molecular flexibility index (Phi) is 6.71. The summed E-state index contributed by atoms with van der Waals surface area (Å²) in [7, 11) is 0. The maximum absolute atomic E-state index is 14.1. The normalized spacial score (nSPS) is 11.3. The number of hydrogen-bond acceptors (Lipinski definition) is 5. The third kappa shape index (κ3) is 5.45. The minimum absolute atomic E-state index is 0.0527. The summed E-state index contributed by atoms with van der Waals surface area (Å²) in [6.45, 7) is -0.270. The first-order valence-electron chi connectivity index (χ1n) is 8.74. The second-order valence-corrected chi connectivity index (χ2v) is 8.35. The van der Waals surface area contributed by atoms with Crippen molar-refractivity contribution in [1.29, 1.82) is 5.26 Å². The average molecular weight is 560 g/mol. The lowest BCUT2D eigenvalue weighted by molar-refractivity contribution is 0.120. The van der Waals surface area contributed by atoms with Gasteiger partial charge in [-0.1, -0.05) is 11.6 Å².